The summed E-state index contributed by atoms with van der Waals surface area (Å²) in [5.41, 5.74) is 0. The minimum atomic E-state index is -4.58. The van der Waals surface area contributed by atoms with Crippen molar-refractivity contribution >= 4 is 17.4 Å². The Labute approximate surface area is 120 Å². The van der Waals surface area contributed by atoms with Crippen LogP contribution in [0.2, 0.25) is 5.15 Å². The van der Waals surface area contributed by atoms with Gasteiger partial charge < -0.3 is 5.32 Å². The molecule has 0 aromatic carbocycles. The van der Waals surface area contributed by atoms with Gasteiger partial charge in [0.15, 0.2) is 0 Å². The zero-order valence-electron chi connectivity index (χ0n) is 11.2. The molecule has 20 heavy (non-hydrogen) atoms. The van der Waals surface area contributed by atoms with Crippen molar-refractivity contribution in [3.05, 3.63) is 17.0 Å². The fourth-order valence-electron chi connectivity index (χ4n) is 2.63. The van der Waals surface area contributed by atoms with Crippen LogP contribution in [0, 0.1) is 11.8 Å². The highest BCUT2D eigenvalue weighted by Gasteiger charge is 2.35. The molecule has 0 amide bonds. The minimum absolute atomic E-state index is 0.135. The van der Waals surface area contributed by atoms with Crippen LogP contribution in [0.15, 0.2) is 6.07 Å². The monoisotopic (exact) mass is 307 g/mol. The van der Waals surface area contributed by atoms with Crippen LogP contribution in [0.4, 0.5) is 19.0 Å². The second kappa shape index (κ2) is 6.16. The summed E-state index contributed by atoms with van der Waals surface area (Å²) in [6, 6.07) is 1.32. The van der Waals surface area contributed by atoms with Gasteiger partial charge in [0.2, 0.25) is 5.82 Å². The minimum Gasteiger partial charge on any atom is -0.370 e. The van der Waals surface area contributed by atoms with Crippen LogP contribution in [0.5, 0.6) is 0 Å². The quantitative estimate of drug-likeness (QED) is 0.842. The molecule has 1 N–H and O–H groups in total. The Morgan fingerprint density at radius 3 is 2.75 bits per heavy atom. The van der Waals surface area contributed by atoms with Crippen molar-refractivity contribution in [3.63, 3.8) is 0 Å². The van der Waals surface area contributed by atoms with E-state index in [1.165, 1.54) is 18.9 Å². The lowest BCUT2D eigenvalue weighted by Gasteiger charge is -2.27. The first-order valence-electron chi connectivity index (χ1n) is 6.70. The summed E-state index contributed by atoms with van der Waals surface area (Å²) in [5, 5.41) is 2.75. The Hall–Kier alpha value is -1.04. The van der Waals surface area contributed by atoms with E-state index in [0.717, 1.165) is 12.8 Å². The predicted molar refractivity (Wildman–Crippen MR) is 71.7 cm³/mol. The molecule has 1 aromatic heterocycles. The van der Waals surface area contributed by atoms with Crippen LogP contribution in [0.1, 0.15) is 38.4 Å². The largest absolute Gasteiger partial charge is 0.451 e. The van der Waals surface area contributed by atoms with Crippen LogP contribution in [0.25, 0.3) is 0 Å². The van der Waals surface area contributed by atoms with E-state index in [0.29, 0.717) is 18.4 Å². The normalized spacial score (nSPS) is 23.6. The molecule has 0 saturated heterocycles. The van der Waals surface area contributed by atoms with Crippen molar-refractivity contribution in [2.24, 2.45) is 11.8 Å². The maximum Gasteiger partial charge on any atom is 0.451 e. The lowest BCUT2D eigenvalue weighted by atomic mass is 9.82. The Balaban J connectivity index is 2.00. The van der Waals surface area contributed by atoms with Crippen LogP contribution < -0.4 is 5.32 Å². The summed E-state index contributed by atoms with van der Waals surface area (Å²) < 4.78 is 37.7. The van der Waals surface area contributed by atoms with Gasteiger partial charge in [-0.3, -0.25) is 0 Å². The van der Waals surface area contributed by atoms with E-state index in [2.05, 4.69) is 22.2 Å². The Kier molecular flexibility index (Phi) is 4.73. The van der Waals surface area contributed by atoms with Crippen LogP contribution in [-0.2, 0) is 6.18 Å². The average molecular weight is 308 g/mol. The molecule has 2 rings (SSSR count). The highest BCUT2D eigenvalue weighted by Crippen LogP contribution is 2.30. The van der Waals surface area contributed by atoms with Crippen molar-refractivity contribution in [1.82, 2.24) is 9.97 Å². The van der Waals surface area contributed by atoms with Crippen LogP contribution >= 0.6 is 11.6 Å². The summed E-state index contributed by atoms with van der Waals surface area (Å²) in [7, 11) is 0. The third-order valence-corrected chi connectivity index (χ3v) is 3.76. The lowest BCUT2D eigenvalue weighted by molar-refractivity contribution is -0.144. The molecule has 1 aliphatic carbocycles. The van der Waals surface area contributed by atoms with Gasteiger partial charge in [-0.05, 0) is 24.7 Å². The first-order valence-corrected chi connectivity index (χ1v) is 7.08. The SMILES string of the molecule is CC1CCCC(CNc2cc(Cl)nc(C(F)(F)F)n2)C1. The van der Waals surface area contributed by atoms with Crippen molar-refractivity contribution in [3.8, 4) is 0 Å². The Bertz CT molecular complexity index is 465. The highest BCUT2D eigenvalue weighted by atomic mass is 35.5. The number of nitrogens with zero attached hydrogens (tertiary/aromatic N) is 2. The molecule has 1 fully saturated rings. The molecule has 1 aliphatic rings. The van der Waals surface area contributed by atoms with Crippen LogP contribution in [0.3, 0.4) is 0 Å². The van der Waals surface area contributed by atoms with Gasteiger partial charge in [0.05, 0.1) is 0 Å². The van der Waals surface area contributed by atoms with Gasteiger partial charge in [-0.15, -0.1) is 0 Å². The molecule has 2 atom stereocenters. The molecule has 1 heterocycles. The number of alkyl halides is 3. The van der Waals surface area contributed by atoms with Crippen molar-refractivity contribution < 1.29 is 13.2 Å². The fourth-order valence-corrected chi connectivity index (χ4v) is 2.81. The molecule has 112 valence electrons. The number of halogens is 4. The molecule has 0 spiro atoms. The molecule has 0 radical (unpaired) electrons. The standard InChI is InChI=1S/C13H17ClF3N3/c1-8-3-2-4-9(5-8)7-18-11-6-10(14)19-12(20-11)13(15,16)17/h6,8-9H,2-5,7H2,1H3,(H,18,19,20). The third-order valence-electron chi connectivity index (χ3n) is 3.57. The Morgan fingerprint density at radius 2 is 2.10 bits per heavy atom. The van der Waals surface area contributed by atoms with E-state index >= 15 is 0 Å². The second-order valence-electron chi connectivity index (χ2n) is 5.42. The van der Waals surface area contributed by atoms with Gasteiger partial charge in [0.25, 0.3) is 0 Å². The van der Waals surface area contributed by atoms with Crippen molar-refractivity contribution in [2.75, 3.05) is 11.9 Å². The van der Waals surface area contributed by atoms with Crippen molar-refractivity contribution in [1.29, 1.82) is 0 Å². The molecule has 7 heteroatoms. The van der Waals surface area contributed by atoms with E-state index in [9.17, 15) is 13.2 Å². The second-order valence-corrected chi connectivity index (χ2v) is 5.80. The zero-order valence-corrected chi connectivity index (χ0v) is 11.9. The van der Waals surface area contributed by atoms with Gasteiger partial charge in [-0.2, -0.15) is 13.2 Å². The first-order chi connectivity index (χ1) is 9.34. The van der Waals surface area contributed by atoms with Gasteiger partial charge >= 0.3 is 6.18 Å². The van der Waals surface area contributed by atoms with Gasteiger partial charge in [-0.1, -0.05) is 31.4 Å². The van der Waals surface area contributed by atoms with Gasteiger partial charge in [0, 0.05) is 12.6 Å². The molecule has 3 nitrogen and oxygen atoms in total. The number of hydrogen-bond donors (Lipinski definition) is 1. The number of aromatic nitrogens is 2. The molecule has 1 saturated carbocycles. The Morgan fingerprint density at radius 1 is 1.35 bits per heavy atom. The maximum atomic E-state index is 12.6. The number of nitrogens with one attached hydrogen (secondary N) is 1. The average Bonchev–Trinajstić information content (AvgIpc) is 2.35. The summed E-state index contributed by atoms with van der Waals surface area (Å²) >= 11 is 5.61. The summed E-state index contributed by atoms with van der Waals surface area (Å²) in [5.74, 6) is 0.0807. The smallest absolute Gasteiger partial charge is 0.370 e. The highest BCUT2D eigenvalue weighted by molar-refractivity contribution is 6.29. The predicted octanol–water partition coefficient (Wildman–Crippen LogP) is 4.39. The zero-order chi connectivity index (χ0) is 14.8. The lowest BCUT2D eigenvalue weighted by Crippen LogP contribution is -2.22. The molecule has 2 unspecified atom stereocenters. The summed E-state index contributed by atoms with van der Waals surface area (Å²) in [6.45, 7) is 2.82. The third kappa shape index (κ3) is 4.23. The number of anilines is 1. The van der Waals surface area contributed by atoms with E-state index in [-0.39, 0.29) is 11.0 Å². The molecular weight excluding hydrogens is 291 g/mol. The first kappa shape index (κ1) is 15.4. The van der Waals surface area contributed by atoms with E-state index in [4.69, 9.17) is 11.6 Å². The van der Waals surface area contributed by atoms with Gasteiger partial charge in [-0.25, -0.2) is 9.97 Å². The van der Waals surface area contributed by atoms with E-state index in [1.54, 1.807) is 0 Å². The molecule has 1 aromatic rings. The molecular formula is C13H17ClF3N3. The summed E-state index contributed by atoms with van der Waals surface area (Å²) in [4.78, 5) is 6.68. The topological polar surface area (TPSA) is 37.8 Å². The number of rotatable bonds is 3. The van der Waals surface area contributed by atoms with E-state index in [1.807, 2.05) is 0 Å². The van der Waals surface area contributed by atoms with E-state index < -0.39 is 12.0 Å². The molecule has 0 bridgehead atoms. The van der Waals surface area contributed by atoms with Crippen LogP contribution in [-0.4, -0.2) is 16.5 Å². The summed E-state index contributed by atoms with van der Waals surface area (Å²) in [6.07, 6.45) is 0.0147. The molecule has 0 aliphatic heterocycles. The number of hydrogen-bond acceptors (Lipinski definition) is 3. The maximum absolute atomic E-state index is 12.6. The fraction of sp³-hybridized carbons (Fsp3) is 0.692. The van der Waals surface area contributed by atoms with Gasteiger partial charge in [0.1, 0.15) is 11.0 Å². The van der Waals surface area contributed by atoms with Crippen molar-refractivity contribution in [2.45, 2.75) is 38.8 Å².